The lowest BCUT2D eigenvalue weighted by Crippen LogP contribution is -2.42. The Morgan fingerprint density at radius 2 is 1.43 bits per heavy atom. The van der Waals surface area contributed by atoms with Crippen LogP contribution in [0.5, 0.6) is 5.75 Å². The maximum Gasteiger partial charge on any atom is 0.267 e. The summed E-state index contributed by atoms with van der Waals surface area (Å²) in [5, 5.41) is 5.99. The average molecular weight is 488 g/mol. The lowest BCUT2D eigenvalue weighted by atomic mass is 10.1. The van der Waals surface area contributed by atoms with Crippen molar-refractivity contribution in [3.05, 3.63) is 87.9 Å². The molecule has 0 spiro atoms. The van der Waals surface area contributed by atoms with Gasteiger partial charge in [-0.3, -0.25) is 9.59 Å². The molecular formula is C23H20BrClN2O3. The van der Waals surface area contributed by atoms with Crippen LogP contribution in [0.4, 0.5) is 11.4 Å². The zero-order chi connectivity index (χ0) is 21.7. The van der Waals surface area contributed by atoms with E-state index in [0.29, 0.717) is 27.7 Å². The van der Waals surface area contributed by atoms with Gasteiger partial charge >= 0.3 is 0 Å². The Balaban J connectivity index is 1.61. The number of anilines is 2. The number of halogens is 2. The van der Waals surface area contributed by atoms with Gasteiger partial charge in [-0.1, -0.05) is 39.7 Å². The van der Waals surface area contributed by atoms with E-state index in [1.807, 2.05) is 12.1 Å². The summed E-state index contributed by atoms with van der Waals surface area (Å²) < 4.78 is 6.75. The minimum absolute atomic E-state index is 0.293. The van der Waals surface area contributed by atoms with Crippen molar-refractivity contribution in [2.45, 2.75) is 19.4 Å². The van der Waals surface area contributed by atoms with Crippen LogP contribution < -0.4 is 15.4 Å². The summed E-state index contributed by atoms with van der Waals surface area (Å²) in [5.74, 6) is -0.00401. The molecule has 0 saturated carbocycles. The van der Waals surface area contributed by atoms with Crippen LogP contribution in [0.2, 0.25) is 5.02 Å². The first kappa shape index (κ1) is 21.9. The molecule has 30 heavy (non-hydrogen) atoms. The molecule has 3 aromatic rings. The molecule has 0 aliphatic carbocycles. The second-order valence-corrected chi connectivity index (χ2v) is 8.35. The molecule has 0 bridgehead atoms. The molecule has 0 radical (unpaired) electrons. The second-order valence-electron chi connectivity index (χ2n) is 7.03. The lowest BCUT2D eigenvalue weighted by Gasteiger charge is -2.25. The zero-order valence-electron chi connectivity index (χ0n) is 16.4. The fourth-order valence-electron chi connectivity index (χ4n) is 2.61. The number of rotatable bonds is 6. The normalized spacial score (nSPS) is 10.9. The van der Waals surface area contributed by atoms with Gasteiger partial charge in [-0.25, -0.2) is 0 Å². The van der Waals surface area contributed by atoms with Gasteiger partial charge in [-0.2, -0.15) is 0 Å². The Hall–Kier alpha value is -2.83. The topological polar surface area (TPSA) is 67.4 Å². The van der Waals surface area contributed by atoms with Crippen molar-refractivity contribution in [2.75, 3.05) is 10.6 Å². The highest BCUT2D eigenvalue weighted by Crippen LogP contribution is 2.23. The largest absolute Gasteiger partial charge is 0.478 e. The molecule has 0 aliphatic heterocycles. The van der Waals surface area contributed by atoms with Crippen LogP contribution in [0.25, 0.3) is 0 Å². The Morgan fingerprint density at radius 1 is 0.867 bits per heavy atom. The first-order chi connectivity index (χ1) is 14.2. The summed E-state index contributed by atoms with van der Waals surface area (Å²) in [6.45, 7) is 3.39. The minimum atomic E-state index is -1.08. The third-order valence-corrected chi connectivity index (χ3v) is 5.11. The Morgan fingerprint density at radius 3 is 2.03 bits per heavy atom. The van der Waals surface area contributed by atoms with E-state index in [2.05, 4.69) is 26.6 Å². The highest BCUT2D eigenvalue weighted by atomic mass is 79.9. The quantitative estimate of drug-likeness (QED) is 0.438. The van der Waals surface area contributed by atoms with E-state index in [-0.39, 0.29) is 11.8 Å². The number of carbonyl (C=O) groups excluding carboxylic acids is 2. The third-order valence-electron chi connectivity index (χ3n) is 4.25. The number of hydrogen-bond donors (Lipinski definition) is 2. The lowest BCUT2D eigenvalue weighted by molar-refractivity contribution is -0.128. The summed E-state index contributed by atoms with van der Waals surface area (Å²) in [5.41, 5.74) is 0.486. The number of nitrogens with one attached hydrogen (secondary N) is 2. The van der Waals surface area contributed by atoms with Gasteiger partial charge in [0.25, 0.3) is 11.8 Å². The summed E-state index contributed by atoms with van der Waals surface area (Å²) in [4.78, 5) is 25.0. The van der Waals surface area contributed by atoms with Gasteiger partial charge in [0.2, 0.25) is 0 Å². The van der Waals surface area contributed by atoms with Gasteiger partial charge in [-0.05, 0) is 74.5 Å². The van der Waals surface area contributed by atoms with Gasteiger partial charge in [0.05, 0.1) is 10.6 Å². The zero-order valence-corrected chi connectivity index (χ0v) is 18.8. The number of benzene rings is 3. The van der Waals surface area contributed by atoms with Crippen LogP contribution in [0.1, 0.15) is 24.2 Å². The summed E-state index contributed by atoms with van der Waals surface area (Å²) in [6.07, 6.45) is 0. The molecule has 3 rings (SSSR count). The summed E-state index contributed by atoms with van der Waals surface area (Å²) in [7, 11) is 0. The van der Waals surface area contributed by atoms with Gasteiger partial charge in [-0.15, -0.1) is 0 Å². The van der Waals surface area contributed by atoms with E-state index in [0.717, 1.165) is 4.47 Å². The molecule has 5 nitrogen and oxygen atoms in total. The molecule has 0 fully saturated rings. The van der Waals surface area contributed by atoms with E-state index in [4.69, 9.17) is 16.3 Å². The summed E-state index contributed by atoms with van der Waals surface area (Å²) in [6, 6.07) is 20.9. The third kappa shape index (κ3) is 5.62. The Kier molecular flexibility index (Phi) is 6.80. The van der Waals surface area contributed by atoms with Crippen molar-refractivity contribution in [3.63, 3.8) is 0 Å². The van der Waals surface area contributed by atoms with Crippen LogP contribution in [-0.4, -0.2) is 17.4 Å². The predicted molar refractivity (Wildman–Crippen MR) is 123 cm³/mol. The molecule has 0 atom stereocenters. The van der Waals surface area contributed by atoms with Crippen LogP contribution in [0.3, 0.4) is 0 Å². The van der Waals surface area contributed by atoms with E-state index in [1.165, 1.54) is 0 Å². The van der Waals surface area contributed by atoms with Crippen LogP contribution in [0.15, 0.2) is 77.3 Å². The van der Waals surface area contributed by atoms with Gasteiger partial charge in [0.1, 0.15) is 5.75 Å². The number of ether oxygens (including phenoxy) is 1. The smallest absolute Gasteiger partial charge is 0.267 e. The predicted octanol–water partition coefficient (Wildman–Crippen LogP) is 6.15. The first-order valence-corrected chi connectivity index (χ1v) is 10.3. The molecule has 154 valence electrons. The molecule has 2 N–H and O–H groups in total. The number of carbonyl (C=O) groups is 2. The molecular weight excluding hydrogens is 468 g/mol. The highest BCUT2D eigenvalue weighted by molar-refractivity contribution is 9.10. The summed E-state index contributed by atoms with van der Waals surface area (Å²) >= 11 is 9.42. The van der Waals surface area contributed by atoms with Gasteiger partial charge in [0, 0.05) is 15.8 Å². The first-order valence-electron chi connectivity index (χ1n) is 9.16. The van der Waals surface area contributed by atoms with Crippen LogP contribution in [0, 0.1) is 0 Å². The molecule has 3 aromatic carbocycles. The maximum absolute atomic E-state index is 12.7. The second kappa shape index (κ2) is 9.32. The molecule has 2 amide bonds. The molecule has 0 aliphatic rings. The molecule has 7 heteroatoms. The van der Waals surface area contributed by atoms with Crippen LogP contribution in [-0.2, 0) is 4.79 Å². The monoisotopic (exact) mass is 486 g/mol. The van der Waals surface area contributed by atoms with Crippen LogP contribution >= 0.6 is 27.5 Å². The van der Waals surface area contributed by atoms with Crippen molar-refractivity contribution in [3.8, 4) is 5.75 Å². The van der Waals surface area contributed by atoms with E-state index < -0.39 is 5.60 Å². The Labute approximate surface area is 188 Å². The van der Waals surface area contributed by atoms with E-state index >= 15 is 0 Å². The number of amides is 2. The van der Waals surface area contributed by atoms with Crippen molar-refractivity contribution in [1.29, 1.82) is 0 Å². The minimum Gasteiger partial charge on any atom is -0.478 e. The van der Waals surface area contributed by atoms with Crippen molar-refractivity contribution in [1.82, 2.24) is 0 Å². The molecule has 0 aromatic heterocycles. The van der Waals surface area contributed by atoms with Crippen molar-refractivity contribution < 1.29 is 14.3 Å². The standard InChI is InChI=1S/C23H20BrClN2O3/c1-23(2,30-18-13-7-15(24)8-14-18)22(29)27-17-11-9-16(10-12-17)26-21(28)19-5-3-4-6-20(19)25/h3-14H,1-2H3,(H,26,28)(H,27,29). The van der Waals surface area contributed by atoms with E-state index in [9.17, 15) is 9.59 Å². The van der Waals surface area contributed by atoms with Crippen molar-refractivity contribution in [2.24, 2.45) is 0 Å². The van der Waals surface area contributed by atoms with Gasteiger partial charge < -0.3 is 15.4 Å². The van der Waals surface area contributed by atoms with Crippen molar-refractivity contribution >= 4 is 50.7 Å². The maximum atomic E-state index is 12.7. The Bertz CT molecular complexity index is 1050. The molecule has 0 unspecified atom stereocenters. The molecule has 0 heterocycles. The SMILES string of the molecule is CC(C)(Oc1ccc(Br)cc1)C(=O)Nc1ccc(NC(=O)c2ccccc2Cl)cc1. The highest BCUT2D eigenvalue weighted by Gasteiger charge is 2.30. The fraction of sp³-hybridized carbons (Fsp3) is 0.130. The fourth-order valence-corrected chi connectivity index (χ4v) is 3.09. The average Bonchev–Trinajstić information content (AvgIpc) is 2.71. The van der Waals surface area contributed by atoms with E-state index in [1.54, 1.807) is 74.5 Å². The van der Waals surface area contributed by atoms with Gasteiger partial charge in [0.15, 0.2) is 5.60 Å². The molecule has 0 saturated heterocycles. The number of hydrogen-bond acceptors (Lipinski definition) is 3.